The molecule has 16 heavy (non-hydrogen) atoms. The van der Waals surface area contributed by atoms with Crippen molar-refractivity contribution in [1.82, 2.24) is 0 Å². The van der Waals surface area contributed by atoms with Gasteiger partial charge in [0.2, 0.25) is 9.84 Å². The van der Waals surface area contributed by atoms with E-state index < -0.39 is 9.84 Å². The van der Waals surface area contributed by atoms with Crippen molar-refractivity contribution >= 4 is 37.8 Å². The molecule has 1 heterocycles. The first-order valence-corrected chi connectivity index (χ1v) is 7.09. The molecular weight excluding hydrogens is 266 g/mol. The van der Waals surface area contributed by atoms with E-state index in [2.05, 4.69) is 0 Å². The van der Waals surface area contributed by atoms with Gasteiger partial charge in [-0.1, -0.05) is 11.6 Å². The molecule has 2 rings (SSSR count). The van der Waals surface area contributed by atoms with Crippen molar-refractivity contribution < 1.29 is 8.42 Å². The fourth-order valence-corrected chi connectivity index (χ4v) is 3.75. The van der Waals surface area contributed by atoms with E-state index in [9.17, 15) is 8.42 Å². The predicted molar refractivity (Wildman–Crippen MR) is 65.6 cm³/mol. The molecule has 0 saturated carbocycles. The van der Waals surface area contributed by atoms with Crippen LogP contribution in [0, 0.1) is 0 Å². The van der Waals surface area contributed by atoms with Crippen molar-refractivity contribution in [3.8, 4) is 0 Å². The maximum atomic E-state index is 12.1. The monoisotopic (exact) mass is 273 g/mol. The molecule has 0 bridgehead atoms. The Morgan fingerprint density at radius 3 is 2.25 bits per heavy atom. The Morgan fingerprint density at radius 1 is 1.12 bits per heavy atom. The Kier molecular flexibility index (Phi) is 2.92. The molecule has 0 unspecified atom stereocenters. The summed E-state index contributed by atoms with van der Waals surface area (Å²) in [5, 5.41) is 2.45. The topological polar surface area (TPSA) is 60.2 Å². The molecule has 2 N–H and O–H groups in total. The second-order valence-electron chi connectivity index (χ2n) is 3.11. The van der Waals surface area contributed by atoms with Crippen LogP contribution >= 0.6 is 22.9 Å². The quantitative estimate of drug-likeness (QED) is 0.915. The number of hydrogen-bond acceptors (Lipinski definition) is 4. The number of nitrogens with two attached hydrogens (primary N) is 1. The zero-order valence-electron chi connectivity index (χ0n) is 8.05. The summed E-state index contributed by atoms with van der Waals surface area (Å²) in [6.45, 7) is 0. The minimum Gasteiger partial charge on any atom is -0.390 e. The molecule has 0 aliphatic carbocycles. The lowest BCUT2D eigenvalue weighted by atomic mass is 10.4. The first-order chi connectivity index (χ1) is 7.51. The largest absolute Gasteiger partial charge is 0.390 e. The van der Waals surface area contributed by atoms with E-state index in [0.717, 1.165) is 0 Å². The third-order valence-electron chi connectivity index (χ3n) is 2.07. The molecule has 0 saturated heterocycles. The Balaban J connectivity index is 2.56. The number of halogens is 1. The zero-order chi connectivity index (χ0) is 11.8. The van der Waals surface area contributed by atoms with E-state index in [1.807, 2.05) is 0 Å². The summed E-state index contributed by atoms with van der Waals surface area (Å²) >= 11 is 6.90. The Bertz CT molecular complexity index is 602. The smallest absolute Gasteiger partial charge is 0.209 e. The summed E-state index contributed by atoms with van der Waals surface area (Å²) < 4.78 is 24.2. The van der Waals surface area contributed by atoms with Crippen molar-refractivity contribution in [3.05, 3.63) is 40.7 Å². The maximum absolute atomic E-state index is 12.1. The molecule has 6 heteroatoms. The summed E-state index contributed by atoms with van der Waals surface area (Å²) in [5.41, 5.74) is 5.61. The molecule has 0 spiro atoms. The normalized spacial score (nSPS) is 11.6. The number of sulfone groups is 1. The molecule has 0 aliphatic heterocycles. The van der Waals surface area contributed by atoms with Gasteiger partial charge >= 0.3 is 0 Å². The van der Waals surface area contributed by atoms with Crippen molar-refractivity contribution in [2.24, 2.45) is 0 Å². The first kappa shape index (κ1) is 11.4. The standard InChI is InChI=1S/C10H8ClNO2S2/c11-7-1-3-8(4-2-7)16(13,14)9-5-6-15-10(9)12/h1-6H,12H2. The second-order valence-corrected chi connectivity index (χ2v) is 6.41. The fraction of sp³-hybridized carbons (Fsp3) is 0. The Morgan fingerprint density at radius 2 is 1.75 bits per heavy atom. The van der Waals surface area contributed by atoms with Gasteiger partial charge in [0, 0.05) is 5.02 Å². The lowest BCUT2D eigenvalue weighted by molar-refractivity contribution is 0.597. The number of benzene rings is 1. The summed E-state index contributed by atoms with van der Waals surface area (Å²) in [6, 6.07) is 7.52. The summed E-state index contributed by atoms with van der Waals surface area (Å²) in [6.07, 6.45) is 0. The van der Waals surface area contributed by atoms with E-state index in [-0.39, 0.29) is 9.79 Å². The van der Waals surface area contributed by atoms with Crippen LogP contribution in [0.4, 0.5) is 5.00 Å². The third kappa shape index (κ3) is 1.93. The van der Waals surface area contributed by atoms with Crippen molar-refractivity contribution in [1.29, 1.82) is 0 Å². The van der Waals surface area contributed by atoms with Gasteiger partial charge < -0.3 is 5.73 Å². The number of anilines is 1. The van der Waals surface area contributed by atoms with Crippen LogP contribution in [0.3, 0.4) is 0 Å². The first-order valence-electron chi connectivity index (χ1n) is 4.35. The SMILES string of the molecule is Nc1sccc1S(=O)(=O)c1ccc(Cl)cc1. The summed E-state index contributed by atoms with van der Waals surface area (Å²) in [5.74, 6) is 0. The van der Waals surface area contributed by atoms with E-state index in [0.29, 0.717) is 10.0 Å². The number of rotatable bonds is 2. The van der Waals surface area contributed by atoms with Crippen LogP contribution in [0.2, 0.25) is 5.02 Å². The van der Waals surface area contributed by atoms with Crippen LogP contribution in [0.25, 0.3) is 0 Å². The lowest BCUT2D eigenvalue weighted by Crippen LogP contribution is -2.02. The fourth-order valence-electron chi connectivity index (χ4n) is 1.27. The maximum Gasteiger partial charge on any atom is 0.209 e. The molecule has 3 nitrogen and oxygen atoms in total. The summed E-state index contributed by atoms with van der Waals surface area (Å²) in [4.78, 5) is 0.349. The van der Waals surface area contributed by atoms with Gasteiger partial charge in [-0.05, 0) is 35.7 Å². The molecule has 2 aromatic rings. The average Bonchev–Trinajstić information content (AvgIpc) is 2.66. The summed E-state index contributed by atoms with van der Waals surface area (Å²) in [7, 11) is -3.52. The molecular formula is C10H8ClNO2S2. The van der Waals surface area contributed by atoms with Gasteiger partial charge in [0.1, 0.15) is 9.90 Å². The minimum absolute atomic E-state index is 0.153. The number of thiophene rings is 1. The van der Waals surface area contributed by atoms with Gasteiger partial charge in [-0.2, -0.15) is 0 Å². The van der Waals surface area contributed by atoms with Gasteiger partial charge in [-0.25, -0.2) is 8.42 Å². The van der Waals surface area contributed by atoms with E-state index in [1.165, 1.54) is 41.7 Å². The van der Waals surface area contributed by atoms with E-state index >= 15 is 0 Å². The number of nitrogen functional groups attached to an aromatic ring is 1. The molecule has 0 aliphatic rings. The van der Waals surface area contributed by atoms with Gasteiger partial charge in [-0.15, -0.1) is 11.3 Å². The van der Waals surface area contributed by atoms with Crippen LogP contribution in [0.1, 0.15) is 0 Å². The second kappa shape index (κ2) is 4.08. The average molecular weight is 274 g/mol. The zero-order valence-corrected chi connectivity index (χ0v) is 10.4. The van der Waals surface area contributed by atoms with Crippen LogP contribution in [0.5, 0.6) is 0 Å². The Labute approximate surface area is 102 Å². The van der Waals surface area contributed by atoms with Crippen molar-refractivity contribution in [2.45, 2.75) is 9.79 Å². The Hall–Kier alpha value is -1.04. The number of hydrogen-bond donors (Lipinski definition) is 1. The lowest BCUT2D eigenvalue weighted by Gasteiger charge is -2.03. The van der Waals surface area contributed by atoms with Gasteiger partial charge in [0.25, 0.3) is 0 Å². The van der Waals surface area contributed by atoms with Crippen molar-refractivity contribution in [2.75, 3.05) is 5.73 Å². The van der Waals surface area contributed by atoms with Gasteiger partial charge in [0.05, 0.1) is 4.90 Å². The predicted octanol–water partition coefficient (Wildman–Crippen LogP) is 2.82. The van der Waals surface area contributed by atoms with Gasteiger partial charge in [-0.3, -0.25) is 0 Å². The highest BCUT2D eigenvalue weighted by molar-refractivity contribution is 7.91. The molecule has 84 valence electrons. The molecule has 0 fully saturated rings. The van der Waals surface area contributed by atoms with Crippen LogP contribution in [-0.2, 0) is 9.84 Å². The van der Waals surface area contributed by atoms with Crippen LogP contribution in [0.15, 0.2) is 45.5 Å². The van der Waals surface area contributed by atoms with Crippen LogP contribution < -0.4 is 5.73 Å². The van der Waals surface area contributed by atoms with Gasteiger partial charge in [0.15, 0.2) is 0 Å². The molecule has 0 radical (unpaired) electrons. The van der Waals surface area contributed by atoms with E-state index in [1.54, 1.807) is 5.38 Å². The minimum atomic E-state index is -3.52. The molecule has 1 aromatic carbocycles. The van der Waals surface area contributed by atoms with Crippen molar-refractivity contribution in [3.63, 3.8) is 0 Å². The highest BCUT2D eigenvalue weighted by Gasteiger charge is 2.20. The van der Waals surface area contributed by atoms with Crippen LogP contribution in [-0.4, -0.2) is 8.42 Å². The van der Waals surface area contributed by atoms with E-state index in [4.69, 9.17) is 17.3 Å². The molecule has 1 aromatic heterocycles. The third-order valence-corrected chi connectivity index (χ3v) is 5.03. The molecule has 0 amide bonds. The highest BCUT2D eigenvalue weighted by Crippen LogP contribution is 2.30. The highest BCUT2D eigenvalue weighted by atomic mass is 35.5. The molecule has 0 atom stereocenters.